The van der Waals surface area contributed by atoms with E-state index < -0.39 is 41.5 Å². The highest BCUT2D eigenvalue weighted by atomic mass is 16.5. The number of aliphatic hydroxyl groups is 1. The lowest BCUT2D eigenvalue weighted by atomic mass is 9.80. The second-order valence-electron chi connectivity index (χ2n) is 7.28. The smallest absolute Gasteiger partial charge is 0.325 e. The van der Waals surface area contributed by atoms with Crippen LogP contribution < -0.4 is 5.56 Å². The van der Waals surface area contributed by atoms with Gasteiger partial charge in [0, 0.05) is 12.1 Å². The van der Waals surface area contributed by atoms with Gasteiger partial charge >= 0.3 is 11.9 Å². The molecule has 0 aromatic carbocycles. The molecule has 3 N–H and O–H groups in total. The van der Waals surface area contributed by atoms with Gasteiger partial charge in [0.15, 0.2) is 0 Å². The third-order valence-corrected chi connectivity index (χ3v) is 4.96. The summed E-state index contributed by atoms with van der Waals surface area (Å²) < 4.78 is 5.82. The van der Waals surface area contributed by atoms with Gasteiger partial charge in [-0.2, -0.15) is 5.10 Å². The van der Waals surface area contributed by atoms with Crippen molar-refractivity contribution in [2.45, 2.75) is 40.2 Å². The number of nitrogens with one attached hydrogen (secondary N) is 1. The number of esters is 1. The Morgan fingerprint density at radius 2 is 1.81 bits per heavy atom. The average Bonchev–Trinajstić information content (AvgIpc) is 3.13. The van der Waals surface area contributed by atoms with Gasteiger partial charge in [0.05, 0.1) is 34.5 Å². The molecule has 12 nitrogen and oxygen atoms in total. The van der Waals surface area contributed by atoms with Gasteiger partial charge < -0.3 is 14.9 Å². The molecule has 0 spiro atoms. The minimum atomic E-state index is -1.26. The van der Waals surface area contributed by atoms with Crippen molar-refractivity contribution < 1.29 is 34.1 Å². The average molecular weight is 446 g/mol. The predicted octanol–water partition coefficient (Wildman–Crippen LogP) is 0.279. The molecule has 1 aliphatic heterocycles. The molecule has 0 saturated carbocycles. The zero-order valence-corrected chi connectivity index (χ0v) is 17.7. The summed E-state index contributed by atoms with van der Waals surface area (Å²) in [5.74, 6) is -3.56. The largest absolute Gasteiger partial charge is 0.506 e. The number of rotatable bonds is 8. The number of aryl methyl sites for hydroxylation is 1. The first kappa shape index (κ1) is 22.7. The number of ether oxygens (including phenoxy) is 1. The number of allylic oxidation sites excluding steroid dienone is 2. The summed E-state index contributed by atoms with van der Waals surface area (Å²) in [5, 5.41) is 27.1. The SMILES string of the molecule is CCCC(=O)OCCN1N=C(C)C(=C2C(=O)C(c3c(C)[nH]n(CC(=O)O)c3=O)=C2O)C1=O. The van der Waals surface area contributed by atoms with Crippen molar-refractivity contribution in [2.24, 2.45) is 5.10 Å². The van der Waals surface area contributed by atoms with E-state index in [0.29, 0.717) is 6.42 Å². The zero-order valence-electron chi connectivity index (χ0n) is 17.7. The molecule has 170 valence electrons. The molecule has 12 heteroatoms. The summed E-state index contributed by atoms with van der Waals surface area (Å²) in [7, 11) is 0. The number of H-pyrrole nitrogens is 1. The number of aliphatic carboxylic acids is 1. The molecule has 2 aliphatic rings. The molecule has 0 bridgehead atoms. The summed E-state index contributed by atoms with van der Waals surface area (Å²) in [4.78, 5) is 60.4. The summed E-state index contributed by atoms with van der Waals surface area (Å²) >= 11 is 0. The molecule has 0 radical (unpaired) electrons. The summed E-state index contributed by atoms with van der Waals surface area (Å²) in [6.45, 7) is 4.04. The number of ketones is 1. The fourth-order valence-electron chi connectivity index (χ4n) is 3.53. The molecule has 1 aromatic rings. The van der Waals surface area contributed by atoms with Gasteiger partial charge in [-0.15, -0.1) is 0 Å². The van der Waals surface area contributed by atoms with Crippen LogP contribution in [-0.2, 0) is 30.5 Å². The quantitative estimate of drug-likeness (QED) is 0.377. The van der Waals surface area contributed by atoms with Crippen molar-refractivity contribution in [1.29, 1.82) is 0 Å². The Morgan fingerprint density at radius 1 is 1.12 bits per heavy atom. The second kappa shape index (κ2) is 8.65. The van der Waals surface area contributed by atoms with Gasteiger partial charge in [0.25, 0.3) is 11.5 Å². The molecule has 1 amide bonds. The van der Waals surface area contributed by atoms with E-state index >= 15 is 0 Å². The van der Waals surface area contributed by atoms with Crippen LogP contribution in [0.25, 0.3) is 5.57 Å². The second-order valence-corrected chi connectivity index (χ2v) is 7.28. The lowest BCUT2D eigenvalue weighted by Crippen LogP contribution is -2.32. The predicted molar refractivity (Wildman–Crippen MR) is 110 cm³/mol. The highest BCUT2D eigenvalue weighted by Crippen LogP contribution is 2.39. The monoisotopic (exact) mass is 446 g/mol. The van der Waals surface area contributed by atoms with E-state index in [0.717, 1.165) is 9.69 Å². The Labute approximate surface area is 181 Å². The number of carbonyl (C=O) groups excluding carboxylic acids is 3. The minimum Gasteiger partial charge on any atom is -0.506 e. The highest BCUT2D eigenvalue weighted by molar-refractivity contribution is 6.44. The normalized spacial score (nSPS) is 18.2. The number of carboxylic acids is 1. The summed E-state index contributed by atoms with van der Waals surface area (Å²) in [6.07, 6.45) is 0.890. The van der Waals surface area contributed by atoms with Crippen LogP contribution in [0.3, 0.4) is 0 Å². The molecule has 1 aromatic heterocycles. The molecule has 1 aliphatic carbocycles. The summed E-state index contributed by atoms with van der Waals surface area (Å²) in [6, 6.07) is 0. The third kappa shape index (κ3) is 3.86. The number of aliphatic hydroxyl groups excluding tert-OH is 1. The van der Waals surface area contributed by atoms with Crippen molar-refractivity contribution in [1.82, 2.24) is 14.8 Å². The molecule has 2 heterocycles. The lowest BCUT2D eigenvalue weighted by Gasteiger charge is -2.22. The first-order valence-electron chi connectivity index (χ1n) is 9.85. The van der Waals surface area contributed by atoms with E-state index in [9.17, 15) is 29.1 Å². The maximum atomic E-state index is 12.8. The van der Waals surface area contributed by atoms with Gasteiger partial charge in [-0.25, -0.2) is 9.69 Å². The standard InChI is InChI=1S/C20H22N4O8/c1-4-5-12(27)32-7-6-23-19(30)13(9(2)21-23)15-17(28)16(18(15)29)14-10(3)22-24(20(14)31)8-11(25)26/h22,28H,4-8H2,1-3H3,(H,25,26). The van der Waals surface area contributed by atoms with E-state index in [1.807, 2.05) is 6.92 Å². The van der Waals surface area contributed by atoms with Gasteiger partial charge in [0.1, 0.15) is 18.9 Å². The van der Waals surface area contributed by atoms with Crippen molar-refractivity contribution in [3.63, 3.8) is 0 Å². The Kier molecular flexibility index (Phi) is 6.14. The number of Topliss-reactive ketones (excluding diaryl/α,β-unsaturated/α-hetero) is 1. The number of aromatic amines is 1. The van der Waals surface area contributed by atoms with Crippen molar-refractivity contribution >= 4 is 34.9 Å². The molecule has 0 fully saturated rings. The van der Waals surface area contributed by atoms with E-state index in [2.05, 4.69) is 10.2 Å². The molecule has 32 heavy (non-hydrogen) atoms. The van der Waals surface area contributed by atoms with Crippen molar-refractivity contribution in [2.75, 3.05) is 13.2 Å². The lowest BCUT2D eigenvalue weighted by molar-refractivity contribution is -0.145. The summed E-state index contributed by atoms with van der Waals surface area (Å²) in [5.41, 5.74) is -1.19. The Morgan fingerprint density at radius 3 is 2.41 bits per heavy atom. The Hall–Kier alpha value is -3.96. The third-order valence-electron chi connectivity index (χ3n) is 4.96. The van der Waals surface area contributed by atoms with E-state index in [1.54, 1.807) is 0 Å². The minimum absolute atomic E-state index is 0.0231. The van der Waals surface area contributed by atoms with Crippen LogP contribution in [0.1, 0.15) is 37.9 Å². The number of amides is 1. The number of hydrazone groups is 1. The van der Waals surface area contributed by atoms with Crippen molar-refractivity contribution in [3.8, 4) is 0 Å². The maximum absolute atomic E-state index is 12.8. The van der Waals surface area contributed by atoms with Crippen LogP contribution >= 0.6 is 0 Å². The zero-order chi connectivity index (χ0) is 23.7. The van der Waals surface area contributed by atoms with Gasteiger partial charge in [-0.05, 0) is 20.3 Å². The molecule has 0 atom stereocenters. The van der Waals surface area contributed by atoms with Crippen molar-refractivity contribution in [3.05, 3.63) is 38.5 Å². The fraction of sp³-hybridized carbons (Fsp3) is 0.400. The van der Waals surface area contributed by atoms with E-state index in [4.69, 9.17) is 9.84 Å². The van der Waals surface area contributed by atoms with E-state index in [1.165, 1.54) is 13.8 Å². The van der Waals surface area contributed by atoms with Crippen LogP contribution in [0.5, 0.6) is 0 Å². The highest BCUT2D eigenvalue weighted by Gasteiger charge is 2.44. The number of carbonyl (C=O) groups is 4. The number of nitrogens with zero attached hydrogens (tertiary/aromatic N) is 3. The van der Waals surface area contributed by atoms with E-state index in [-0.39, 0.29) is 53.3 Å². The number of aromatic nitrogens is 2. The fourth-order valence-corrected chi connectivity index (χ4v) is 3.53. The van der Waals surface area contributed by atoms with Crippen LogP contribution in [0, 0.1) is 6.92 Å². The number of hydrogen-bond acceptors (Lipinski definition) is 8. The molecule has 0 unspecified atom stereocenters. The Bertz CT molecular complexity index is 1180. The topological polar surface area (TPSA) is 171 Å². The van der Waals surface area contributed by atoms with Gasteiger partial charge in [-0.3, -0.25) is 29.1 Å². The molecular weight excluding hydrogens is 424 g/mol. The maximum Gasteiger partial charge on any atom is 0.325 e. The number of carboxylic acid groups (broad SMARTS) is 1. The van der Waals surface area contributed by atoms with Gasteiger partial charge in [-0.1, -0.05) is 6.92 Å². The molecular formula is C20H22N4O8. The Balaban J connectivity index is 1.87. The first-order valence-corrected chi connectivity index (χ1v) is 9.85. The van der Waals surface area contributed by atoms with Crippen LogP contribution in [0.2, 0.25) is 0 Å². The first-order chi connectivity index (χ1) is 15.1. The number of hydrogen-bond donors (Lipinski definition) is 3. The van der Waals surface area contributed by atoms with Crippen LogP contribution in [-0.4, -0.2) is 67.5 Å². The molecule has 3 rings (SSSR count). The van der Waals surface area contributed by atoms with Crippen LogP contribution in [0.4, 0.5) is 0 Å². The van der Waals surface area contributed by atoms with Crippen LogP contribution in [0.15, 0.2) is 26.8 Å². The van der Waals surface area contributed by atoms with Gasteiger partial charge in [0.2, 0.25) is 5.78 Å². The molecule has 0 saturated heterocycles.